The van der Waals surface area contributed by atoms with Gasteiger partial charge in [0.15, 0.2) is 0 Å². The third-order valence-electron chi connectivity index (χ3n) is 5.45. The summed E-state index contributed by atoms with van der Waals surface area (Å²) in [6, 6.07) is 13.8. The molecule has 1 amide bonds. The SMILES string of the molecule is N#Cc1ccccc1Sc1cc(-c2cnn([C@H]3CCNC(=O)C3)c2)cn2ncc(C#N)c12. The maximum absolute atomic E-state index is 11.8. The number of carbonyl (C=O) groups excluding carboxylic acids is 1. The normalized spacial score (nSPS) is 15.8. The van der Waals surface area contributed by atoms with Crippen molar-refractivity contribution >= 4 is 23.2 Å². The van der Waals surface area contributed by atoms with Gasteiger partial charge in [-0.25, -0.2) is 4.52 Å². The molecule has 156 valence electrons. The highest BCUT2D eigenvalue weighted by Gasteiger charge is 2.22. The van der Waals surface area contributed by atoms with Crippen molar-refractivity contribution in [1.29, 1.82) is 10.5 Å². The number of hydrogen-bond acceptors (Lipinski definition) is 6. The Balaban J connectivity index is 1.58. The smallest absolute Gasteiger partial charge is 0.222 e. The lowest BCUT2D eigenvalue weighted by Crippen LogP contribution is -2.34. The van der Waals surface area contributed by atoms with Gasteiger partial charge in [-0.15, -0.1) is 0 Å². The molecule has 1 aliphatic rings. The van der Waals surface area contributed by atoms with Gasteiger partial charge in [-0.05, 0) is 24.6 Å². The van der Waals surface area contributed by atoms with Crippen molar-refractivity contribution in [3.8, 4) is 23.3 Å². The summed E-state index contributed by atoms with van der Waals surface area (Å²) >= 11 is 1.43. The van der Waals surface area contributed by atoms with Crippen molar-refractivity contribution in [3.05, 3.63) is 66.2 Å². The fraction of sp³-hybridized carbons (Fsp3) is 0.174. The molecule has 5 rings (SSSR count). The Hall–Kier alpha value is -4.08. The fourth-order valence-electron chi connectivity index (χ4n) is 3.85. The molecule has 1 saturated heterocycles. The molecule has 3 aromatic heterocycles. The lowest BCUT2D eigenvalue weighted by atomic mass is 10.1. The lowest BCUT2D eigenvalue weighted by molar-refractivity contribution is -0.123. The Morgan fingerprint density at radius 2 is 1.88 bits per heavy atom. The zero-order valence-electron chi connectivity index (χ0n) is 16.9. The van der Waals surface area contributed by atoms with E-state index in [0.717, 1.165) is 27.3 Å². The molecule has 1 N–H and O–H groups in total. The van der Waals surface area contributed by atoms with Crippen LogP contribution in [0.3, 0.4) is 0 Å². The third-order valence-corrected chi connectivity index (χ3v) is 6.56. The number of rotatable bonds is 4. The van der Waals surface area contributed by atoms with Crippen LogP contribution >= 0.6 is 11.8 Å². The molecule has 0 radical (unpaired) electrons. The Labute approximate surface area is 188 Å². The molecule has 1 aliphatic heterocycles. The van der Waals surface area contributed by atoms with Crippen LogP contribution in [0.5, 0.6) is 0 Å². The predicted molar refractivity (Wildman–Crippen MR) is 118 cm³/mol. The molecule has 1 atom stereocenters. The van der Waals surface area contributed by atoms with E-state index in [4.69, 9.17) is 0 Å². The highest BCUT2D eigenvalue weighted by atomic mass is 32.2. The summed E-state index contributed by atoms with van der Waals surface area (Å²) in [7, 11) is 0. The van der Waals surface area contributed by atoms with Crippen molar-refractivity contribution in [3.63, 3.8) is 0 Å². The predicted octanol–water partition coefficient (Wildman–Crippen LogP) is 3.54. The summed E-state index contributed by atoms with van der Waals surface area (Å²) in [5.74, 6) is 0.0372. The molecule has 8 nitrogen and oxygen atoms in total. The van der Waals surface area contributed by atoms with Gasteiger partial charge in [-0.2, -0.15) is 20.7 Å². The van der Waals surface area contributed by atoms with E-state index in [1.807, 2.05) is 41.3 Å². The summed E-state index contributed by atoms with van der Waals surface area (Å²) in [4.78, 5) is 13.4. The first-order chi connectivity index (χ1) is 15.7. The molecule has 32 heavy (non-hydrogen) atoms. The van der Waals surface area contributed by atoms with Gasteiger partial charge in [0.1, 0.15) is 12.1 Å². The van der Waals surface area contributed by atoms with Gasteiger partial charge in [0.2, 0.25) is 5.91 Å². The van der Waals surface area contributed by atoms with Crippen molar-refractivity contribution < 1.29 is 4.79 Å². The summed E-state index contributed by atoms with van der Waals surface area (Å²) < 4.78 is 3.54. The van der Waals surface area contributed by atoms with E-state index in [1.54, 1.807) is 23.0 Å². The zero-order valence-corrected chi connectivity index (χ0v) is 17.7. The van der Waals surface area contributed by atoms with E-state index in [1.165, 1.54) is 11.8 Å². The second kappa shape index (κ2) is 8.22. The van der Waals surface area contributed by atoms with E-state index in [0.29, 0.717) is 29.6 Å². The number of benzene rings is 1. The minimum Gasteiger partial charge on any atom is -0.356 e. The number of aromatic nitrogens is 4. The highest BCUT2D eigenvalue weighted by molar-refractivity contribution is 7.99. The monoisotopic (exact) mass is 439 g/mol. The summed E-state index contributed by atoms with van der Waals surface area (Å²) in [5, 5.41) is 30.7. The Morgan fingerprint density at radius 3 is 2.69 bits per heavy atom. The van der Waals surface area contributed by atoms with Crippen LogP contribution in [-0.4, -0.2) is 31.8 Å². The van der Waals surface area contributed by atoms with Gasteiger partial charge in [0, 0.05) is 46.3 Å². The second-order valence-electron chi connectivity index (χ2n) is 7.47. The molecule has 1 aromatic carbocycles. The average Bonchev–Trinajstić information content (AvgIpc) is 3.47. The zero-order chi connectivity index (χ0) is 22.1. The number of nitriles is 2. The first kappa shape index (κ1) is 19.9. The molecular weight excluding hydrogens is 422 g/mol. The molecule has 4 aromatic rings. The number of amides is 1. The van der Waals surface area contributed by atoms with Gasteiger partial charge < -0.3 is 5.32 Å². The highest BCUT2D eigenvalue weighted by Crippen LogP contribution is 2.37. The lowest BCUT2D eigenvalue weighted by Gasteiger charge is -2.22. The minimum atomic E-state index is 0.0347. The number of carbonyl (C=O) groups is 1. The van der Waals surface area contributed by atoms with Crippen LogP contribution < -0.4 is 5.32 Å². The molecule has 0 aliphatic carbocycles. The summed E-state index contributed by atoms with van der Waals surface area (Å²) in [6.07, 6.45) is 8.38. The van der Waals surface area contributed by atoms with Crippen molar-refractivity contribution in [2.24, 2.45) is 0 Å². The molecule has 9 heteroatoms. The van der Waals surface area contributed by atoms with Gasteiger partial charge in [0.05, 0.1) is 35.1 Å². The van der Waals surface area contributed by atoms with Crippen LogP contribution in [0.25, 0.3) is 16.6 Å². The van der Waals surface area contributed by atoms with E-state index >= 15 is 0 Å². The number of hydrogen-bond donors (Lipinski definition) is 1. The van der Waals surface area contributed by atoms with E-state index < -0.39 is 0 Å². The third kappa shape index (κ3) is 3.59. The maximum atomic E-state index is 11.8. The first-order valence-corrected chi connectivity index (χ1v) is 10.9. The van der Waals surface area contributed by atoms with Gasteiger partial charge in [0.25, 0.3) is 0 Å². The van der Waals surface area contributed by atoms with Gasteiger partial charge in [-0.1, -0.05) is 23.9 Å². The van der Waals surface area contributed by atoms with Crippen molar-refractivity contribution in [2.75, 3.05) is 6.54 Å². The Morgan fingerprint density at radius 1 is 1.03 bits per heavy atom. The standard InChI is InChI=1S/C23H17N7OS/c24-9-15-3-1-2-4-20(15)32-21-7-16(13-30-23(21)17(10-25)11-28-30)18-12-27-29(14-18)19-5-6-26-22(31)8-19/h1-4,7,11-14,19H,5-6,8H2,(H,26,31)/t19-/m0/s1. The summed E-state index contributed by atoms with van der Waals surface area (Å²) in [6.45, 7) is 0.647. The van der Waals surface area contributed by atoms with Gasteiger partial charge >= 0.3 is 0 Å². The second-order valence-corrected chi connectivity index (χ2v) is 8.56. The molecule has 0 bridgehead atoms. The topological polar surface area (TPSA) is 112 Å². The van der Waals surface area contributed by atoms with E-state index in [-0.39, 0.29) is 11.9 Å². The van der Waals surface area contributed by atoms with Crippen LogP contribution in [0.2, 0.25) is 0 Å². The summed E-state index contributed by atoms with van der Waals surface area (Å²) in [5.41, 5.74) is 3.51. The molecule has 0 unspecified atom stereocenters. The molecule has 1 fully saturated rings. The van der Waals surface area contributed by atoms with Crippen LogP contribution in [0.15, 0.2) is 64.9 Å². The minimum absolute atomic E-state index is 0.0347. The number of pyridine rings is 1. The van der Waals surface area contributed by atoms with Crippen LogP contribution in [-0.2, 0) is 4.79 Å². The quantitative estimate of drug-likeness (QED) is 0.520. The van der Waals surface area contributed by atoms with Crippen LogP contribution in [0.4, 0.5) is 0 Å². The number of nitrogens with one attached hydrogen (secondary N) is 1. The number of nitrogens with zero attached hydrogens (tertiary/aromatic N) is 6. The molecular formula is C23H17N7OS. The number of piperidine rings is 1. The largest absolute Gasteiger partial charge is 0.356 e. The van der Waals surface area contributed by atoms with Gasteiger partial charge in [-0.3, -0.25) is 9.48 Å². The van der Waals surface area contributed by atoms with Crippen molar-refractivity contribution in [1.82, 2.24) is 24.7 Å². The van der Waals surface area contributed by atoms with Crippen LogP contribution in [0.1, 0.15) is 30.0 Å². The fourth-order valence-corrected chi connectivity index (χ4v) is 4.94. The number of fused-ring (bicyclic) bond motifs is 1. The molecule has 4 heterocycles. The maximum Gasteiger partial charge on any atom is 0.222 e. The van der Waals surface area contributed by atoms with Crippen molar-refractivity contribution in [2.45, 2.75) is 28.7 Å². The molecule has 0 saturated carbocycles. The molecule has 0 spiro atoms. The van der Waals surface area contributed by atoms with E-state index in [9.17, 15) is 15.3 Å². The van der Waals surface area contributed by atoms with Crippen LogP contribution in [0, 0.1) is 22.7 Å². The Kier molecular flexibility index (Phi) is 5.10. The Bertz CT molecular complexity index is 1420. The first-order valence-electron chi connectivity index (χ1n) is 10.1. The van der Waals surface area contributed by atoms with E-state index in [2.05, 4.69) is 27.7 Å². The average molecular weight is 440 g/mol.